The van der Waals surface area contributed by atoms with E-state index >= 15 is 0 Å². The van der Waals surface area contributed by atoms with E-state index in [4.69, 9.17) is 0 Å². The first-order valence-electron chi connectivity index (χ1n) is 4.87. The van der Waals surface area contributed by atoms with Gasteiger partial charge in [0, 0.05) is 12.4 Å². The normalized spacial score (nSPS) is 13.4. The van der Waals surface area contributed by atoms with E-state index in [1.807, 2.05) is 6.20 Å². The topological polar surface area (TPSA) is 15.8 Å². The largest absolute Gasteiger partial charge is 0.366 e. The molecular formula is C12H15N. The number of aromatic nitrogens is 1. The van der Waals surface area contributed by atoms with Crippen LogP contribution in [0.25, 0.3) is 10.8 Å². The van der Waals surface area contributed by atoms with Gasteiger partial charge in [0.15, 0.2) is 0 Å². The molecule has 2 aromatic rings. The molecule has 1 aromatic carbocycles. The molecule has 1 aromatic heterocycles. The van der Waals surface area contributed by atoms with Crippen LogP contribution in [0.5, 0.6) is 0 Å². The zero-order valence-corrected chi connectivity index (χ0v) is 8.17. The Morgan fingerprint density at radius 1 is 1.23 bits per heavy atom. The number of rotatable bonds is 2. The van der Waals surface area contributed by atoms with Crippen LogP contribution in [0.1, 0.15) is 31.7 Å². The average molecular weight is 173 g/mol. The van der Waals surface area contributed by atoms with Crippen LogP contribution in [0.3, 0.4) is 0 Å². The summed E-state index contributed by atoms with van der Waals surface area (Å²) in [7, 11) is 0. The highest BCUT2D eigenvalue weighted by Crippen LogP contribution is 2.23. The van der Waals surface area contributed by atoms with Crippen molar-refractivity contribution in [3.63, 3.8) is 0 Å². The maximum Gasteiger partial charge on any atom is 0.00844 e. The first-order valence-corrected chi connectivity index (χ1v) is 4.87. The van der Waals surface area contributed by atoms with Gasteiger partial charge in [-0.2, -0.15) is 0 Å². The standard InChI is InChI=1S/C12H15N/c1-3-9(2)10-4-5-11-7-13-8-12(11)6-10/h4-9,13H,3H2,1-2H3. The van der Waals surface area contributed by atoms with E-state index in [1.54, 1.807) is 0 Å². The summed E-state index contributed by atoms with van der Waals surface area (Å²) in [5.41, 5.74) is 1.44. The Hall–Kier alpha value is -1.24. The predicted octanol–water partition coefficient (Wildman–Crippen LogP) is 3.68. The first-order chi connectivity index (χ1) is 6.31. The summed E-state index contributed by atoms with van der Waals surface area (Å²) in [4.78, 5) is 3.12. The summed E-state index contributed by atoms with van der Waals surface area (Å²) in [6.45, 7) is 4.50. The summed E-state index contributed by atoms with van der Waals surface area (Å²) in [6, 6.07) is 6.69. The number of benzene rings is 1. The van der Waals surface area contributed by atoms with E-state index in [0.717, 1.165) is 0 Å². The molecule has 0 radical (unpaired) electrons. The highest BCUT2D eigenvalue weighted by molar-refractivity contribution is 5.82. The number of aromatic amines is 1. The maximum atomic E-state index is 3.12. The minimum atomic E-state index is 0.666. The van der Waals surface area contributed by atoms with Gasteiger partial charge in [-0.3, -0.25) is 0 Å². The molecular weight excluding hydrogens is 158 g/mol. The van der Waals surface area contributed by atoms with Crippen molar-refractivity contribution in [1.29, 1.82) is 0 Å². The zero-order valence-electron chi connectivity index (χ0n) is 8.17. The zero-order chi connectivity index (χ0) is 9.26. The van der Waals surface area contributed by atoms with Crippen molar-refractivity contribution in [1.82, 2.24) is 4.98 Å². The van der Waals surface area contributed by atoms with Gasteiger partial charge in [-0.1, -0.05) is 26.0 Å². The smallest absolute Gasteiger partial charge is 0.00844 e. The van der Waals surface area contributed by atoms with Crippen LogP contribution in [-0.4, -0.2) is 4.98 Å². The van der Waals surface area contributed by atoms with Gasteiger partial charge < -0.3 is 4.98 Å². The Morgan fingerprint density at radius 3 is 2.77 bits per heavy atom. The molecule has 0 saturated carbocycles. The van der Waals surface area contributed by atoms with Gasteiger partial charge in [-0.05, 0) is 34.7 Å². The fourth-order valence-corrected chi connectivity index (χ4v) is 1.61. The second kappa shape index (κ2) is 3.25. The van der Waals surface area contributed by atoms with Crippen LogP contribution < -0.4 is 0 Å². The van der Waals surface area contributed by atoms with Crippen molar-refractivity contribution < 1.29 is 0 Å². The van der Waals surface area contributed by atoms with Crippen LogP contribution >= 0.6 is 0 Å². The lowest BCUT2D eigenvalue weighted by Crippen LogP contribution is -1.89. The van der Waals surface area contributed by atoms with E-state index in [2.05, 4.69) is 43.2 Å². The molecule has 0 fully saturated rings. The maximum absolute atomic E-state index is 3.12. The fraction of sp³-hybridized carbons (Fsp3) is 0.333. The minimum Gasteiger partial charge on any atom is -0.366 e. The molecule has 1 N–H and O–H groups in total. The second-order valence-electron chi connectivity index (χ2n) is 3.65. The van der Waals surface area contributed by atoms with Crippen molar-refractivity contribution in [2.75, 3.05) is 0 Å². The van der Waals surface area contributed by atoms with Crippen molar-refractivity contribution in [2.45, 2.75) is 26.2 Å². The van der Waals surface area contributed by atoms with E-state index in [1.165, 1.54) is 22.8 Å². The summed E-state index contributed by atoms with van der Waals surface area (Å²) in [5, 5.41) is 2.62. The van der Waals surface area contributed by atoms with Crippen LogP contribution in [0.2, 0.25) is 0 Å². The molecule has 0 amide bonds. The van der Waals surface area contributed by atoms with Gasteiger partial charge in [-0.15, -0.1) is 0 Å². The molecule has 1 atom stereocenters. The summed E-state index contributed by atoms with van der Waals surface area (Å²) in [6.07, 6.45) is 5.30. The third-order valence-corrected chi connectivity index (χ3v) is 2.77. The number of hydrogen-bond donors (Lipinski definition) is 1. The van der Waals surface area contributed by atoms with Crippen molar-refractivity contribution >= 4 is 10.8 Å². The third kappa shape index (κ3) is 1.46. The van der Waals surface area contributed by atoms with Crippen molar-refractivity contribution in [3.8, 4) is 0 Å². The number of fused-ring (bicyclic) bond motifs is 1. The monoisotopic (exact) mass is 173 g/mol. The molecule has 0 saturated heterocycles. The van der Waals surface area contributed by atoms with E-state index in [9.17, 15) is 0 Å². The minimum absolute atomic E-state index is 0.666. The molecule has 1 heteroatoms. The van der Waals surface area contributed by atoms with E-state index in [0.29, 0.717) is 5.92 Å². The van der Waals surface area contributed by atoms with Gasteiger partial charge >= 0.3 is 0 Å². The van der Waals surface area contributed by atoms with Gasteiger partial charge in [0.2, 0.25) is 0 Å². The van der Waals surface area contributed by atoms with Crippen molar-refractivity contribution in [2.24, 2.45) is 0 Å². The van der Waals surface area contributed by atoms with E-state index < -0.39 is 0 Å². The average Bonchev–Trinajstić information content (AvgIpc) is 2.63. The highest BCUT2D eigenvalue weighted by atomic mass is 14.6. The Balaban J connectivity index is 2.48. The molecule has 68 valence electrons. The molecule has 13 heavy (non-hydrogen) atoms. The Kier molecular flexibility index (Phi) is 2.09. The highest BCUT2D eigenvalue weighted by Gasteiger charge is 2.03. The van der Waals surface area contributed by atoms with Gasteiger partial charge in [0.25, 0.3) is 0 Å². The summed E-state index contributed by atoms with van der Waals surface area (Å²) >= 11 is 0. The van der Waals surface area contributed by atoms with Crippen LogP contribution in [-0.2, 0) is 0 Å². The number of hydrogen-bond acceptors (Lipinski definition) is 0. The number of H-pyrrole nitrogens is 1. The Morgan fingerprint density at radius 2 is 2.00 bits per heavy atom. The van der Waals surface area contributed by atoms with Crippen LogP contribution in [0.15, 0.2) is 30.6 Å². The van der Waals surface area contributed by atoms with E-state index in [-0.39, 0.29) is 0 Å². The molecule has 1 unspecified atom stereocenters. The molecule has 2 rings (SSSR count). The lowest BCUT2D eigenvalue weighted by atomic mass is 9.97. The second-order valence-corrected chi connectivity index (χ2v) is 3.65. The van der Waals surface area contributed by atoms with Gasteiger partial charge in [0.1, 0.15) is 0 Å². The van der Waals surface area contributed by atoms with Gasteiger partial charge in [0.05, 0.1) is 0 Å². The molecule has 0 aliphatic heterocycles. The molecule has 0 aliphatic rings. The molecule has 1 nitrogen and oxygen atoms in total. The fourth-order valence-electron chi connectivity index (χ4n) is 1.61. The predicted molar refractivity (Wildman–Crippen MR) is 57.0 cm³/mol. The van der Waals surface area contributed by atoms with Gasteiger partial charge in [-0.25, -0.2) is 0 Å². The summed E-state index contributed by atoms with van der Waals surface area (Å²) in [5.74, 6) is 0.666. The lowest BCUT2D eigenvalue weighted by molar-refractivity contribution is 0.735. The molecule has 0 spiro atoms. The molecule has 0 aliphatic carbocycles. The van der Waals surface area contributed by atoms with Crippen molar-refractivity contribution in [3.05, 3.63) is 36.2 Å². The quantitative estimate of drug-likeness (QED) is 0.713. The van der Waals surface area contributed by atoms with Crippen LogP contribution in [0.4, 0.5) is 0 Å². The third-order valence-electron chi connectivity index (χ3n) is 2.77. The lowest BCUT2D eigenvalue weighted by Gasteiger charge is -2.08. The summed E-state index contributed by atoms with van der Waals surface area (Å²) < 4.78 is 0. The SMILES string of the molecule is CCC(C)c1ccc2c[nH]cc2c1. The Labute approximate surface area is 78.8 Å². The van der Waals surface area contributed by atoms with Crippen LogP contribution in [0, 0.1) is 0 Å². The molecule has 1 heterocycles. The number of nitrogens with one attached hydrogen (secondary N) is 1. The molecule has 0 bridgehead atoms. The Bertz CT molecular complexity index is 400. The first kappa shape index (κ1) is 8.36.